The van der Waals surface area contributed by atoms with Gasteiger partial charge >= 0.3 is 6.18 Å². The molecule has 1 nitrogen and oxygen atoms in total. The molecule has 0 bridgehead atoms. The maximum Gasteiger partial charge on any atom is 0.392 e. The molecule has 1 aliphatic rings. The zero-order chi connectivity index (χ0) is 15.5. The molecule has 2 rings (SSSR count). The van der Waals surface area contributed by atoms with Crippen LogP contribution in [-0.4, -0.2) is 12.7 Å². The summed E-state index contributed by atoms with van der Waals surface area (Å²) in [6, 6.07) is 7.67. The van der Waals surface area contributed by atoms with E-state index in [-0.39, 0.29) is 18.4 Å². The Morgan fingerprint density at radius 2 is 1.76 bits per heavy atom. The van der Waals surface area contributed by atoms with Gasteiger partial charge in [-0.25, -0.2) is 0 Å². The largest absolute Gasteiger partial charge is 0.392 e. The maximum atomic E-state index is 13.3. The molecular formula is C17H24F3N. The van der Waals surface area contributed by atoms with Crippen LogP contribution in [-0.2, 0) is 0 Å². The molecule has 0 heterocycles. The molecule has 0 aromatic heterocycles. The molecule has 0 spiro atoms. The number of alkyl halides is 3. The number of nitrogens with one attached hydrogen (secondary N) is 1. The molecule has 1 aromatic rings. The second-order valence-electron chi connectivity index (χ2n) is 6.04. The number of halogens is 3. The summed E-state index contributed by atoms with van der Waals surface area (Å²) < 4.78 is 40.0. The minimum atomic E-state index is -4.09. The van der Waals surface area contributed by atoms with Crippen molar-refractivity contribution in [1.29, 1.82) is 0 Å². The van der Waals surface area contributed by atoms with Gasteiger partial charge in [0, 0.05) is 6.04 Å². The Kier molecular flexibility index (Phi) is 5.31. The lowest BCUT2D eigenvalue weighted by Crippen LogP contribution is -2.40. The van der Waals surface area contributed by atoms with Crippen molar-refractivity contribution < 1.29 is 13.2 Å². The van der Waals surface area contributed by atoms with Crippen LogP contribution >= 0.6 is 0 Å². The first-order valence-corrected chi connectivity index (χ1v) is 7.80. The monoisotopic (exact) mass is 299 g/mol. The van der Waals surface area contributed by atoms with Gasteiger partial charge in [0.15, 0.2) is 0 Å². The van der Waals surface area contributed by atoms with Crippen LogP contribution in [0.15, 0.2) is 24.3 Å². The van der Waals surface area contributed by atoms with Gasteiger partial charge in [-0.2, -0.15) is 13.2 Å². The van der Waals surface area contributed by atoms with E-state index in [1.54, 1.807) is 0 Å². The average molecular weight is 299 g/mol. The molecule has 21 heavy (non-hydrogen) atoms. The van der Waals surface area contributed by atoms with E-state index >= 15 is 0 Å². The Bertz CT molecular complexity index is 438. The normalized spacial score (nSPS) is 24.8. The first-order chi connectivity index (χ1) is 9.93. The van der Waals surface area contributed by atoms with Crippen LogP contribution in [0.1, 0.15) is 49.8 Å². The summed E-state index contributed by atoms with van der Waals surface area (Å²) in [4.78, 5) is 0. The highest BCUT2D eigenvalue weighted by Crippen LogP contribution is 2.46. The minimum absolute atomic E-state index is 0.206. The topological polar surface area (TPSA) is 12.0 Å². The van der Waals surface area contributed by atoms with E-state index in [0.717, 1.165) is 17.5 Å². The molecule has 0 saturated heterocycles. The van der Waals surface area contributed by atoms with Gasteiger partial charge in [-0.05, 0) is 37.8 Å². The summed E-state index contributed by atoms with van der Waals surface area (Å²) in [5.41, 5.74) is 2.11. The van der Waals surface area contributed by atoms with Crippen molar-refractivity contribution in [1.82, 2.24) is 5.32 Å². The van der Waals surface area contributed by atoms with E-state index < -0.39 is 12.1 Å². The Balaban J connectivity index is 2.28. The van der Waals surface area contributed by atoms with Gasteiger partial charge in [-0.15, -0.1) is 0 Å². The number of hydrogen-bond acceptors (Lipinski definition) is 1. The lowest BCUT2D eigenvalue weighted by molar-refractivity contribution is -0.199. The fourth-order valence-corrected chi connectivity index (χ4v) is 3.48. The lowest BCUT2D eigenvalue weighted by Gasteiger charge is -2.38. The minimum Gasteiger partial charge on any atom is -0.310 e. The summed E-state index contributed by atoms with van der Waals surface area (Å²) in [7, 11) is 0. The van der Waals surface area contributed by atoms with E-state index in [2.05, 4.69) is 5.32 Å². The van der Waals surface area contributed by atoms with E-state index in [1.165, 1.54) is 0 Å². The van der Waals surface area contributed by atoms with Crippen molar-refractivity contribution in [2.24, 2.45) is 11.8 Å². The Labute approximate surface area is 124 Å². The third-order valence-electron chi connectivity index (χ3n) is 4.53. The van der Waals surface area contributed by atoms with Gasteiger partial charge in [-0.3, -0.25) is 0 Å². The van der Waals surface area contributed by atoms with Gasteiger partial charge in [0.05, 0.1) is 5.92 Å². The smallest absolute Gasteiger partial charge is 0.310 e. The van der Waals surface area contributed by atoms with E-state index in [4.69, 9.17) is 0 Å². The highest BCUT2D eigenvalue weighted by atomic mass is 19.4. The molecule has 1 aliphatic carbocycles. The van der Waals surface area contributed by atoms with Crippen LogP contribution in [0.4, 0.5) is 13.2 Å². The second kappa shape index (κ2) is 6.82. The van der Waals surface area contributed by atoms with Crippen LogP contribution in [0.3, 0.4) is 0 Å². The summed E-state index contributed by atoms with van der Waals surface area (Å²) in [6.07, 6.45) is -1.60. The van der Waals surface area contributed by atoms with Crippen molar-refractivity contribution in [3.05, 3.63) is 35.4 Å². The van der Waals surface area contributed by atoms with Crippen LogP contribution in [0, 0.1) is 18.8 Å². The summed E-state index contributed by atoms with van der Waals surface area (Å²) in [5.74, 6) is -1.54. The predicted molar refractivity (Wildman–Crippen MR) is 79.1 cm³/mol. The lowest BCUT2D eigenvalue weighted by atomic mass is 9.73. The second-order valence-corrected chi connectivity index (χ2v) is 6.04. The Morgan fingerprint density at radius 1 is 1.14 bits per heavy atom. The first-order valence-electron chi connectivity index (χ1n) is 7.80. The van der Waals surface area contributed by atoms with Crippen molar-refractivity contribution in [3.63, 3.8) is 0 Å². The molecule has 118 valence electrons. The molecule has 3 atom stereocenters. The van der Waals surface area contributed by atoms with Crippen molar-refractivity contribution in [3.8, 4) is 0 Å². The van der Waals surface area contributed by atoms with Crippen molar-refractivity contribution in [2.75, 3.05) is 6.54 Å². The van der Waals surface area contributed by atoms with Crippen molar-refractivity contribution >= 4 is 0 Å². The third kappa shape index (κ3) is 4.00. The average Bonchev–Trinajstić information content (AvgIpc) is 2.45. The molecular weight excluding hydrogens is 275 g/mol. The van der Waals surface area contributed by atoms with Gasteiger partial charge in [-0.1, -0.05) is 49.6 Å². The highest BCUT2D eigenvalue weighted by molar-refractivity contribution is 5.25. The van der Waals surface area contributed by atoms with Gasteiger partial charge in [0.1, 0.15) is 0 Å². The van der Waals surface area contributed by atoms with E-state index in [1.807, 2.05) is 38.1 Å². The summed E-state index contributed by atoms with van der Waals surface area (Å²) >= 11 is 0. The maximum absolute atomic E-state index is 13.3. The summed E-state index contributed by atoms with van der Waals surface area (Å²) in [6.45, 7) is 4.62. The molecule has 0 amide bonds. The fraction of sp³-hybridized carbons (Fsp3) is 0.647. The predicted octanol–water partition coefficient (Wildman–Crippen LogP) is 5.01. The molecule has 1 aromatic carbocycles. The van der Waals surface area contributed by atoms with Crippen LogP contribution in [0.2, 0.25) is 0 Å². The Hall–Kier alpha value is -1.03. The zero-order valence-electron chi connectivity index (χ0n) is 12.7. The number of hydrogen-bond donors (Lipinski definition) is 1. The van der Waals surface area contributed by atoms with E-state index in [0.29, 0.717) is 19.4 Å². The quantitative estimate of drug-likeness (QED) is 0.823. The standard InChI is InChI=1S/C17H24F3N/c1-3-21-16(13-10-8-12(2)9-11-13)14-6-4-5-7-15(14)17(18,19)20/h8-11,14-16,21H,3-7H2,1-2H3. The molecule has 1 saturated carbocycles. The van der Waals surface area contributed by atoms with Crippen molar-refractivity contribution in [2.45, 2.75) is 51.7 Å². The first kappa shape index (κ1) is 16.3. The number of aryl methyl sites for hydroxylation is 1. The molecule has 3 unspecified atom stereocenters. The SMILES string of the molecule is CCNC(c1ccc(C)cc1)C1CCCCC1C(F)(F)F. The van der Waals surface area contributed by atoms with Crippen LogP contribution in [0.5, 0.6) is 0 Å². The molecule has 0 aliphatic heterocycles. The number of rotatable bonds is 4. The van der Waals surface area contributed by atoms with Crippen LogP contribution in [0.25, 0.3) is 0 Å². The fourth-order valence-electron chi connectivity index (χ4n) is 3.48. The molecule has 0 radical (unpaired) electrons. The molecule has 4 heteroatoms. The number of benzene rings is 1. The molecule has 1 N–H and O–H groups in total. The Morgan fingerprint density at radius 3 is 2.33 bits per heavy atom. The third-order valence-corrected chi connectivity index (χ3v) is 4.53. The van der Waals surface area contributed by atoms with Gasteiger partial charge in [0.25, 0.3) is 0 Å². The zero-order valence-corrected chi connectivity index (χ0v) is 12.7. The van der Waals surface area contributed by atoms with Gasteiger partial charge in [0.2, 0.25) is 0 Å². The van der Waals surface area contributed by atoms with E-state index in [9.17, 15) is 13.2 Å². The highest BCUT2D eigenvalue weighted by Gasteiger charge is 2.47. The summed E-state index contributed by atoms with van der Waals surface area (Å²) in [5, 5.41) is 3.29. The molecule has 1 fully saturated rings. The van der Waals surface area contributed by atoms with Gasteiger partial charge < -0.3 is 5.32 Å². The van der Waals surface area contributed by atoms with Crippen LogP contribution < -0.4 is 5.32 Å².